The van der Waals surface area contributed by atoms with Crippen LogP contribution in [0.2, 0.25) is 0 Å². The van der Waals surface area contributed by atoms with E-state index < -0.39 is 39.3 Å². The third-order valence-electron chi connectivity index (χ3n) is 6.34. The van der Waals surface area contributed by atoms with Gasteiger partial charge in [-0.25, -0.2) is 13.2 Å². The van der Waals surface area contributed by atoms with Gasteiger partial charge in [0.1, 0.15) is 29.5 Å². The number of hydrogen-bond acceptors (Lipinski definition) is 6. The number of nitrogens with one attached hydrogen (secondary N) is 1. The number of nitrogens with zero attached hydrogens (tertiary/aromatic N) is 3. The van der Waals surface area contributed by atoms with E-state index in [-0.39, 0.29) is 41.3 Å². The van der Waals surface area contributed by atoms with Crippen LogP contribution in [0.3, 0.4) is 0 Å². The van der Waals surface area contributed by atoms with Gasteiger partial charge < -0.3 is 9.26 Å². The van der Waals surface area contributed by atoms with Gasteiger partial charge in [-0.2, -0.15) is 12.7 Å². The van der Waals surface area contributed by atoms with Crippen LogP contribution in [-0.2, 0) is 16.6 Å². The van der Waals surface area contributed by atoms with Gasteiger partial charge in [0.05, 0.1) is 18.8 Å². The van der Waals surface area contributed by atoms with Crippen LogP contribution >= 0.6 is 0 Å². The van der Waals surface area contributed by atoms with Crippen molar-refractivity contribution in [3.8, 4) is 22.6 Å². The monoisotopic (exact) mass is 546 g/mol. The molecule has 0 radical (unpaired) electrons. The minimum absolute atomic E-state index is 0.0102. The summed E-state index contributed by atoms with van der Waals surface area (Å²) < 4.78 is 83.8. The number of fused-ring (bicyclic) bond motifs is 1. The lowest BCUT2D eigenvalue weighted by Crippen LogP contribution is -2.43. The summed E-state index contributed by atoms with van der Waals surface area (Å²) in [5, 5.41) is 3.57. The van der Waals surface area contributed by atoms with Gasteiger partial charge in [-0.05, 0) is 36.2 Å². The number of pyridine rings is 1. The molecule has 2 aromatic heterocycles. The van der Waals surface area contributed by atoms with Gasteiger partial charge in [0.25, 0.3) is 5.56 Å². The first-order valence-corrected chi connectivity index (χ1v) is 12.8. The lowest BCUT2D eigenvalue weighted by Gasteiger charge is -2.35. The second-order valence-electron chi connectivity index (χ2n) is 8.60. The highest BCUT2D eigenvalue weighted by Crippen LogP contribution is 2.36. The molecule has 0 unspecified atom stereocenters. The molecule has 5 rings (SSSR count). The van der Waals surface area contributed by atoms with E-state index in [0.717, 1.165) is 18.2 Å². The van der Waals surface area contributed by atoms with E-state index >= 15 is 4.39 Å². The number of halogens is 3. The number of ether oxygens (including phenoxy) is 1. The molecule has 2 aromatic carbocycles. The van der Waals surface area contributed by atoms with Crippen molar-refractivity contribution in [2.45, 2.75) is 19.4 Å². The molecule has 13 heteroatoms. The van der Waals surface area contributed by atoms with Crippen molar-refractivity contribution in [3.63, 3.8) is 0 Å². The highest BCUT2D eigenvalue weighted by Gasteiger charge is 2.35. The quantitative estimate of drug-likeness (QED) is 0.389. The van der Waals surface area contributed by atoms with Crippen molar-refractivity contribution in [1.82, 2.24) is 14.0 Å². The average Bonchev–Trinajstić information content (AvgIpc) is 3.35. The number of aromatic nitrogens is 2. The largest absolute Gasteiger partial charge is 0.495 e. The Kier molecular flexibility index (Phi) is 6.49. The zero-order valence-corrected chi connectivity index (χ0v) is 20.9. The number of hydrogen-bond donors (Lipinski definition) is 1. The molecule has 1 aliphatic heterocycles. The van der Waals surface area contributed by atoms with Gasteiger partial charge in [-0.1, -0.05) is 11.2 Å². The zero-order chi connectivity index (χ0) is 27.2. The van der Waals surface area contributed by atoms with Crippen LogP contribution in [0.4, 0.5) is 19.0 Å². The Balaban J connectivity index is 1.59. The normalized spacial score (nSPS) is 15.8. The molecule has 0 bridgehead atoms. The molecule has 9 nitrogen and oxygen atoms in total. The van der Waals surface area contributed by atoms with Crippen LogP contribution in [0, 0.1) is 17.5 Å². The summed E-state index contributed by atoms with van der Waals surface area (Å²) in [5.41, 5.74) is 0.417. The van der Waals surface area contributed by atoms with E-state index in [1.807, 2.05) is 0 Å². The molecule has 1 aliphatic rings. The van der Waals surface area contributed by atoms with Crippen molar-refractivity contribution in [2.75, 3.05) is 18.4 Å². The number of benzene rings is 2. The number of anilines is 1. The van der Waals surface area contributed by atoms with Crippen LogP contribution in [0.25, 0.3) is 16.8 Å². The lowest BCUT2D eigenvalue weighted by molar-refractivity contribution is 0.322. The van der Waals surface area contributed by atoms with E-state index in [1.165, 1.54) is 46.5 Å². The molecular formula is C25H21F3N4O5S. The maximum absolute atomic E-state index is 15.3. The average molecular weight is 547 g/mol. The lowest BCUT2D eigenvalue weighted by atomic mass is 9.98. The Morgan fingerprint density at radius 3 is 2.47 bits per heavy atom. The molecule has 0 amide bonds. The molecule has 1 N–H and O–H groups in total. The fourth-order valence-electron chi connectivity index (χ4n) is 4.66. The van der Waals surface area contributed by atoms with Gasteiger partial charge in [-0.15, -0.1) is 0 Å². The molecule has 1 atom stereocenters. The Labute approximate surface area is 215 Å². The summed E-state index contributed by atoms with van der Waals surface area (Å²) in [6.07, 6.45) is 1.35. The van der Waals surface area contributed by atoms with Gasteiger partial charge in [0.2, 0.25) is 0 Å². The highest BCUT2D eigenvalue weighted by molar-refractivity contribution is 7.90. The summed E-state index contributed by atoms with van der Waals surface area (Å²) in [6.45, 7) is 1.67. The van der Waals surface area contributed by atoms with Crippen LogP contribution in [-0.4, -0.2) is 36.1 Å². The SMILES string of the molecule is COc1cc(-c2cc(F)cc(F)c2)c(F)cc1-n1c2c(ccc1=O)[C@H](C)N(S(=O)(=O)Nc1ccon1)CC2. The van der Waals surface area contributed by atoms with E-state index in [1.54, 1.807) is 6.92 Å². The number of rotatable bonds is 6. The first-order chi connectivity index (χ1) is 18.1. The first-order valence-electron chi connectivity index (χ1n) is 11.4. The van der Waals surface area contributed by atoms with E-state index in [9.17, 15) is 22.0 Å². The summed E-state index contributed by atoms with van der Waals surface area (Å²) in [4.78, 5) is 13.0. The summed E-state index contributed by atoms with van der Waals surface area (Å²) in [6, 6.07) is 8.42. The predicted octanol–water partition coefficient (Wildman–Crippen LogP) is 4.19. The Morgan fingerprint density at radius 1 is 1.08 bits per heavy atom. The Morgan fingerprint density at radius 2 is 1.82 bits per heavy atom. The molecular weight excluding hydrogens is 525 g/mol. The molecule has 0 spiro atoms. The van der Waals surface area contributed by atoms with Crippen molar-refractivity contribution >= 4 is 16.0 Å². The van der Waals surface area contributed by atoms with Crippen molar-refractivity contribution in [1.29, 1.82) is 0 Å². The standard InChI is InChI=1S/C25H21F3N4O5S/c1-14-18-3-4-25(33)32(21(18)5-7-31(14)38(34,35)30-24-6-8-37-29-24)22-13-20(28)19(12-23(22)36-2)15-9-16(26)11-17(27)10-15/h3-4,6,8-14H,5,7H2,1-2H3,(H,29,30)/t14-/m0/s1. The third kappa shape index (κ3) is 4.54. The van der Waals surface area contributed by atoms with Gasteiger partial charge in [0.15, 0.2) is 5.82 Å². The summed E-state index contributed by atoms with van der Waals surface area (Å²) in [5.74, 6) is -2.48. The molecule has 0 fully saturated rings. The highest BCUT2D eigenvalue weighted by atomic mass is 32.2. The third-order valence-corrected chi connectivity index (χ3v) is 7.93. The van der Waals surface area contributed by atoms with E-state index in [2.05, 4.69) is 14.4 Å². The fraction of sp³-hybridized carbons (Fsp3) is 0.200. The van der Waals surface area contributed by atoms with Crippen LogP contribution < -0.4 is 15.0 Å². The molecule has 4 aromatic rings. The minimum atomic E-state index is -4.02. The smallest absolute Gasteiger partial charge is 0.303 e. The van der Waals surface area contributed by atoms with Gasteiger partial charge >= 0.3 is 10.2 Å². The van der Waals surface area contributed by atoms with E-state index in [0.29, 0.717) is 17.3 Å². The number of methoxy groups -OCH3 is 1. The Hall–Kier alpha value is -4.10. The molecule has 198 valence electrons. The second-order valence-corrected chi connectivity index (χ2v) is 10.2. The minimum Gasteiger partial charge on any atom is -0.495 e. The van der Waals surface area contributed by atoms with Crippen LogP contribution in [0.5, 0.6) is 5.75 Å². The van der Waals surface area contributed by atoms with Crippen molar-refractivity contribution in [2.24, 2.45) is 0 Å². The van der Waals surface area contributed by atoms with Crippen LogP contribution in [0.15, 0.2) is 64.1 Å². The van der Waals surface area contributed by atoms with Gasteiger partial charge in [-0.3, -0.25) is 14.1 Å². The topological polar surface area (TPSA) is 107 Å². The van der Waals surface area contributed by atoms with Crippen molar-refractivity contribution < 1.29 is 30.8 Å². The maximum atomic E-state index is 15.3. The zero-order valence-electron chi connectivity index (χ0n) is 20.1. The second kappa shape index (κ2) is 9.65. The maximum Gasteiger partial charge on any atom is 0.303 e. The Bertz CT molecular complexity index is 1670. The molecule has 0 saturated heterocycles. The molecule has 3 heterocycles. The molecule has 0 aliphatic carbocycles. The first kappa shape index (κ1) is 25.5. The fourth-order valence-corrected chi connectivity index (χ4v) is 6.00. The summed E-state index contributed by atoms with van der Waals surface area (Å²) in [7, 11) is -2.70. The molecule has 38 heavy (non-hydrogen) atoms. The summed E-state index contributed by atoms with van der Waals surface area (Å²) >= 11 is 0. The molecule has 0 saturated carbocycles. The van der Waals surface area contributed by atoms with Gasteiger partial charge in [0, 0.05) is 48.5 Å². The predicted molar refractivity (Wildman–Crippen MR) is 132 cm³/mol. The van der Waals surface area contributed by atoms with Crippen LogP contribution in [0.1, 0.15) is 24.2 Å². The van der Waals surface area contributed by atoms with E-state index in [4.69, 9.17) is 4.74 Å². The van der Waals surface area contributed by atoms with Crippen molar-refractivity contribution in [3.05, 3.63) is 93.9 Å².